The summed E-state index contributed by atoms with van der Waals surface area (Å²) in [5.41, 5.74) is -0.216. The van der Waals surface area contributed by atoms with Gasteiger partial charge in [-0.2, -0.15) is 5.26 Å². The van der Waals surface area contributed by atoms with Gasteiger partial charge in [-0.1, -0.05) is 6.92 Å². The normalized spacial score (nSPS) is 10.9. The fraction of sp³-hybridized carbons (Fsp3) is 0.385. The molecule has 0 heterocycles. The van der Waals surface area contributed by atoms with Crippen LogP contribution in [0.1, 0.15) is 30.1 Å². The Labute approximate surface area is 123 Å². The average molecular weight is 312 g/mol. The van der Waals surface area contributed by atoms with E-state index in [1.807, 2.05) is 13.0 Å². The van der Waals surface area contributed by atoms with Gasteiger partial charge < -0.3 is 9.84 Å². The first-order valence-corrected chi connectivity index (χ1v) is 7.77. The standard InChI is InChI=1S/C13H16N2O5S/c1-2-8-20-12-5-4-10(9-11(12)13(16)17)21(18,19)15-7-3-6-14/h4-5,9,15H,2-3,7-8H2,1H3,(H,16,17). The minimum atomic E-state index is -3.85. The molecule has 0 atom stereocenters. The third kappa shape index (κ3) is 4.73. The summed E-state index contributed by atoms with van der Waals surface area (Å²) in [5.74, 6) is -1.14. The Bertz CT molecular complexity index is 649. The molecule has 0 aliphatic rings. The number of carboxylic acid groups (broad SMARTS) is 1. The number of ether oxygens (including phenoxy) is 1. The van der Waals surface area contributed by atoms with Crippen molar-refractivity contribution in [1.29, 1.82) is 5.26 Å². The van der Waals surface area contributed by atoms with Gasteiger partial charge in [0, 0.05) is 13.0 Å². The van der Waals surface area contributed by atoms with Crippen LogP contribution in [0.3, 0.4) is 0 Å². The zero-order valence-corrected chi connectivity index (χ0v) is 12.3. The molecule has 0 saturated heterocycles. The van der Waals surface area contributed by atoms with Gasteiger partial charge >= 0.3 is 5.97 Å². The maximum atomic E-state index is 12.0. The highest BCUT2D eigenvalue weighted by Crippen LogP contribution is 2.23. The number of nitriles is 1. The lowest BCUT2D eigenvalue weighted by Crippen LogP contribution is -2.24. The number of aromatic carboxylic acids is 1. The number of nitrogens with one attached hydrogen (secondary N) is 1. The molecular weight excluding hydrogens is 296 g/mol. The summed E-state index contributed by atoms with van der Waals surface area (Å²) in [4.78, 5) is 11.0. The number of sulfonamides is 1. The number of hydrogen-bond donors (Lipinski definition) is 2. The van der Waals surface area contributed by atoms with Crippen molar-refractivity contribution in [2.75, 3.05) is 13.2 Å². The Morgan fingerprint density at radius 2 is 2.19 bits per heavy atom. The summed E-state index contributed by atoms with van der Waals surface area (Å²) in [6, 6.07) is 5.44. The molecule has 0 spiro atoms. The highest BCUT2D eigenvalue weighted by atomic mass is 32.2. The fourth-order valence-corrected chi connectivity index (χ4v) is 2.56. The van der Waals surface area contributed by atoms with Gasteiger partial charge in [-0.25, -0.2) is 17.9 Å². The number of rotatable bonds is 8. The molecule has 1 aromatic carbocycles. The zero-order chi connectivity index (χ0) is 15.9. The van der Waals surface area contributed by atoms with E-state index < -0.39 is 16.0 Å². The van der Waals surface area contributed by atoms with Gasteiger partial charge in [0.25, 0.3) is 0 Å². The van der Waals surface area contributed by atoms with Gasteiger partial charge in [-0.15, -0.1) is 0 Å². The molecule has 1 rings (SSSR count). The Hall–Kier alpha value is -2.11. The van der Waals surface area contributed by atoms with Crippen LogP contribution in [0, 0.1) is 11.3 Å². The van der Waals surface area contributed by atoms with Crippen molar-refractivity contribution in [3.8, 4) is 11.8 Å². The van der Waals surface area contributed by atoms with E-state index in [4.69, 9.17) is 15.1 Å². The van der Waals surface area contributed by atoms with Crippen LogP contribution in [0.2, 0.25) is 0 Å². The van der Waals surface area contributed by atoms with Crippen LogP contribution in [0.5, 0.6) is 5.75 Å². The first-order valence-electron chi connectivity index (χ1n) is 6.29. The maximum absolute atomic E-state index is 12.0. The first-order chi connectivity index (χ1) is 9.92. The molecule has 0 aliphatic carbocycles. The molecule has 114 valence electrons. The molecule has 0 fully saturated rings. The second kappa shape index (κ2) is 7.61. The molecule has 0 radical (unpaired) electrons. The molecule has 0 aliphatic heterocycles. The van der Waals surface area contributed by atoms with Crippen molar-refractivity contribution in [2.24, 2.45) is 0 Å². The third-order valence-corrected chi connectivity index (χ3v) is 3.94. The number of benzene rings is 1. The second-order valence-electron chi connectivity index (χ2n) is 4.12. The van der Waals surface area contributed by atoms with Gasteiger partial charge in [-0.05, 0) is 24.6 Å². The predicted molar refractivity (Wildman–Crippen MR) is 74.6 cm³/mol. The van der Waals surface area contributed by atoms with Gasteiger partial charge in [0.2, 0.25) is 10.0 Å². The Morgan fingerprint density at radius 3 is 2.76 bits per heavy atom. The molecule has 0 amide bonds. The molecule has 0 aromatic heterocycles. The summed E-state index contributed by atoms with van der Waals surface area (Å²) in [6.07, 6.45) is 0.734. The fourth-order valence-electron chi connectivity index (χ4n) is 1.51. The molecule has 0 bridgehead atoms. The zero-order valence-electron chi connectivity index (χ0n) is 11.5. The Balaban J connectivity index is 3.08. The maximum Gasteiger partial charge on any atom is 0.339 e. The quantitative estimate of drug-likeness (QED) is 0.700. The number of nitrogens with zero attached hydrogens (tertiary/aromatic N) is 1. The molecule has 8 heteroatoms. The summed E-state index contributed by atoms with van der Waals surface area (Å²) >= 11 is 0. The highest BCUT2D eigenvalue weighted by Gasteiger charge is 2.19. The Morgan fingerprint density at radius 1 is 1.48 bits per heavy atom. The van der Waals surface area contributed by atoms with Crippen LogP contribution in [0.4, 0.5) is 0 Å². The van der Waals surface area contributed by atoms with E-state index in [-0.39, 0.29) is 29.2 Å². The van der Waals surface area contributed by atoms with Gasteiger partial charge in [0.05, 0.1) is 17.6 Å². The van der Waals surface area contributed by atoms with Gasteiger partial charge in [-0.3, -0.25) is 0 Å². The SMILES string of the molecule is CCCOc1ccc(S(=O)(=O)NCCC#N)cc1C(=O)O. The van der Waals surface area contributed by atoms with Crippen LogP contribution < -0.4 is 9.46 Å². The van der Waals surface area contributed by atoms with Crippen LogP contribution in [0.25, 0.3) is 0 Å². The average Bonchev–Trinajstić information content (AvgIpc) is 2.44. The molecule has 0 unspecified atom stereocenters. The highest BCUT2D eigenvalue weighted by molar-refractivity contribution is 7.89. The van der Waals surface area contributed by atoms with Crippen LogP contribution in [-0.2, 0) is 10.0 Å². The molecule has 21 heavy (non-hydrogen) atoms. The first kappa shape index (κ1) is 16.9. The molecular formula is C13H16N2O5S. The molecule has 7 nitrogen and oxygen atoms in total. The lowest BCUT2D eigenvalue weighted by Gasteiger charge is -2.11. The second-order valence-corrected chi connectivity index (χ2v) is 5.88. The lowest BCUT2D eigenvalue weighted by atomic mass is 10.2. The summed E-state index contributed by atoms with van der Waals surface area (Å²) in [6.45, 7) is 2.18. The van der Waals surface area contributed by atoms with Crippen LogP contribution >= 0.6 is 0 Å². The molecule has 2 N–H and O–H groups in total. The van der Waals surface area contributed by atoms with E-state index in [0.29, 0.717) is 13.0 Å². The topological polar surface area (TPSA) is 116 Å². The minimum absolute atomic E-state index is 0.0305. The van der Waals surface area contributed by atoms with E-state index >= 15 is 0 Å². The van der Waals surface area contributed by atoms with Crippen molar-refractivity contribution < 1.29 is 23.1 Å². The third-order valence-electron chi connectivity index (χ3n) is 2.48. The van der Waals surface area contributed by atoms with Crippen molar-refractivity contribution >= 4 is 16.0 Å². The summed E-state index contributed by atoms with van der Waals surface area (Å²) < 4.78 is 31.4. The van der Waals surface area contributed by atoms with E-state index in [1.165, 1.54) is 12.1 Å². The van der Waals surface area contributed by atoms with Crippen LogP contribution in [0.15, 0.2) is 23.1 Å². The van der Waals surface area contributed by atoms with Crippen molar-refractivity contribution in [2.45, 2.75) is 24.7 Å². The smallest absolute Gasteiger partial charge is 0.339 e. The van der Waals surface area contributed by atoms with Crippen LogP contribution in [-0.4, -0.2) is 32.6 Å². The van der Waals surface area contributed by atoms with E-state index in [9.17, 15) is 13.2 Å². The summed E-state index contributed by atoms with van der Waals surface area (Å²) in [5, 5.41) is 17.5. The van der Waals surface area contributed by atoms with Gasteiger partial charge in [0.15, 0.2) is 0 Å². The minimum Gasteiger partial charge on any atom is -0.493 e. The monoisotopic (exact) mass is 312 g/mol. The van der Waals surface area contributed by atoms with E-state index in [1.54, 1.807) is 0 Å². The largest absolute Gasteiger partial charge is 0.493 e. The van der Waals surface area contributed by atoms with Crippen molar-refractivity contribution in [1.82, 2.24) is 4.72 Å². The van der Waals surface area contributed by atoms with E-state index in [0.717, 1.165) is 6.07 Å². The Kier molecular flexibility index (Phi) is 6.14. The van der Waals surface area contributed by atoms with Crippen molar-refractivity contribution in [3.05, 3.63) is 23.8 Å². The number of carbonyl (C=O) groups is 1. The predicted octanol–water partition coefficient (Wildman–Crippen LogP) is 1.37. The lowest BCUT2D eigenvalue weighted by molar-refractivity contribution is 0.0692. The number of carboxylic acids is 1. The van der Waals surface area contributed by atoms with Gasteiger partial charge in [0.1, 0.15) is 11.3 Å². The summed E-state index contributed by atoms with van der Waals surface area (Å²) in [7, 11) is -3.85. The van der Waals surface area contributed by atoms with E-state index in [2.05, 4.69) is 4.72 Å². The van der Waals surface area contributed by atoms with Crippen molar-refractivity contribution in [3.63, 3.8) is 0 Å². The number of hydrogen-bond acceptors (Lipinski definition) is 5. The molecule has 0 saturated carbocycles. The molecule has 1 aromatic rings.